The van der Waals surface area contributed by atoms with E-state index >= 15 is 0 Å². The van der Waals surface area contributed by atoms with Crippen LogP contribution in [-0.2, 0) is 16.0 Å². The third-order valence-corrected chi connectivity index (χ3v) is 4.85. The van der Waals surface area contributed by atoms with Gasteiger partial charge in [0.2, 0.25) is 5.91 Å². The first-order chi connectivity index (χ1) is 13.1. The Hall–Kier alpha value is -2.83. The molecule has 0 aromatic heterocycles. The fourth-order valence-corrected chi connectivity index (χ4v) is 3.36. The number of carboxylic acids is 1. The minimum absolute atomic E-state index is 0.112. The number of nitrogens with one attached hydrogen (secondary N) is 2. The molecule has 7 nitrogen and oxygen atoms in total. The van der Waals surface area contributed by atoms with Crippen LogP contribution in [-0.4, -0.2) is 54.0 Å². The lowest BCUT2D eigenvalue weighted by Crippen LogP contribution is -2.39. The molecule has 7 heteroatoms. The van der Waals surface area contributed by atoms with Crippen molar-refractivity contribution in [1.29, 1.82) is 0 Å². The average molecular weight is 370 g/mol. The number of benzene rings is 1. The van der Waals surface area contributed by atoms with E-state index in [1.165, 1.54) is 6.08 Å². The summed E-state index contributed by atoms with van der Waals surface area (Å²) in [6, 6.07) is 7.85. The molecule has 0 bridgehead atoms. The summed E-state index contributed by atoms with van der Waals surface area (Å²) in [5, 5.41) is 15.2. The van der Waals surface area contributed by atoms with E-state index in [1.54, 1.807) is 6.08 Å². The van der Waals surface area contributed by atoms with Crippen LogP contribution in [0.3, 0.4) is 0 Å². The second-order valence-electron chi connectivity index (χ2n) is 6.93. The van der Waals surface area contributed by atoms with Crippen molar-refractivity contribution in [2.24, 2.45) is 10.9 Å². The normalized spacial score (nSPS) is 18.1. The number of carbonyl (C=O) groups excluding carboxylic acids is 1. The van der Waals surface area contributed by atoms with E-state index in [-0.39, 0.29) is 11.8 Å². The van der Waals surface area contributed by atoms with Gasteiger partial charge < -0.3 is 20.6 Å². The van der Waals surface area contributed by atoms with Crippen molar-refractivity contribution in [3.05, 3.63) is 42.0 Å². The van der Waals surface area contributed by atoms with Gasteiger partial charge in [-0.1, -0.05) is 18.2 Å². The molecule has 3 rings (SSSR count). The lowest BCUT2D eigenvalue weighted by molar-refractivity contribution is -0.132. The Morgan fingerprint density at radius 2 is 2.15 bits per heavy atom. The number of anilines is 1. The molecular formula is C20H26N4O3. The summed E-state index contributed by atoms with van der Waals surface area (Å²) in [5.74, 6) is 0.208. The fraction of sp³-hybridized carbons (Fsp3) is 0.450. The van der Waals surface area contributed by atoms with Gasteiger partial charge in [-0.3, -0.25) is 9.79 Å². The van der Waals surface area contributed by atoms with Crippen molar-refractivity contribution >= 4 is 23.5 Å². The Morgan fingerprint density at radius 3 is 2.85 bits per heavy atom. The third kappa shape index (κ3) is 5.84. The van der Waals surface area contributed by atoms with Gasteiger partial charge in [0, 0.05) is 37.9 Å². The summed E-state index contributed by atoms with van der Waals surface area (Å²) in [4.78, 5) is 29.5. The minimum Gasteiger partial charge on any atom is -0.478 e. The topological polar surface area (TPSA) is 94.0 Å². The molecule has 0 saturated carbocycles. The molecule has 2 aliphatic heterocycles. The van der Waals surface area contributed by atoms with Gasteiger partial charge in [-0.25, -0.2) is 4.79 Å². The molecule has 2 heterocycles. The van der Waals surface area contributed by atoms with Crippen molar-refractivity contribution in [2.45, 2.75) is 25.7 Å². The Kier molecular flexibility index (Phi) is 6.46. The molecule has 0 aliphatic carbocycles. The van der Waals surface area contributed by atoms with Crippen LogP contribution in [0.25, 0.3) is 0 Å². The molecule has 0 radical (unpaired) electrons. The third-order valence-electron chi connectivity index (χ3n) is 4.85. The number of carboxylic acid groups (broad SMARTS) is 1. The quantitative estimate of drug-likeness (QED) is 0.688. The van der Waals surface area contributed by atoms with Gasteiger partial charge in [0.1, 0.15) is 0 Å². The number of nitrogens with zero attached hydrogens (tertiary/aromatic N) is 2. The Labute approximate surface area is 159 Å². The van der Waals surface area contributed by atoms with Gasteiger partial charge in [0.15, 0.2) is 5.96 Å². The smallest absolute Gasteiger partial charge is 0.327 e. The van der Waals surface area contributed by atoms with E-state index in [4.69, 9.17) is 5.11 Å². The van der Waals surface area contributed by atoms with Gasteiger partial charge in [-0.2, -0.15) is 0 Å². The summed E-state index contributed by atoms with van der Waals surface area (Å²) in [7, 11) is 0. The second-order valence-corrected chi connectivity index (χ2v) is 6.93. The van der Waals surface area contributed by atoms with Gasteiger partial charge in [0.05, 0.1) is 6.42 Å². The monoisotopic (exact) mass is 370 g/mol. The maximum Gasteiger partial charge on any atom is 0.327 e. The van der Waals surface area contributed by atoms with Gasteiger partial charge in [-0.05, 0) is 42.9 Å². The molecule has 144 valence electrons. The Bertz CT molecular complexity index is 736. The van der Waals surface area contributed by atoms with Gasteiger partial charge in [-0.15, -0.1) is 0 Å². The number of piperidine rings is 1. The van der Waals surface area contributed by atoms with Crippen LogP contribution in [0.5, 0.6) is 0 Å². The van der Waals surface area contributed by atoms with Crippen molar-refractivity contribution in [3.63, 3.8) is 0 Å². The number of aliphatic imine (C=N–C) groups is 1. The summed E-state index contributed by atoms with van der Waals surface area (Å²) in [5.41, 5.74) is 1.89. The zero-order valence-corrected chi connectivity index (χ0v) is 15.4. The number of hydrogen-bond acceptors (Lipinski definition) is 5. The Balaban J connectivity index is 1.51. The zero-order chi connectivity index (χ0) is 19.1. The molecule has 0 spiro atoms. The van der Waals surface area contributed by atoms with Gasteiger partial charge in [0.25, 0.3) is 0 Å². The zero-order valence-electron chi connectivity index (χ0n) is 15.4. The number of hydrogen-bond donors (Lipinski definition) is 3. The number of rotatable bonds is 5. The number of guanidine groups is 1. The van der Waals surface area contributed by atoms with E-state index in [0.29, 0.717) is 19.5 Å². The van der Waals surface area contributed by atoms with Crippen LogP contribution < -0.4 is 10.6 Å². The fourth-order valence-electron chi connectivity index (χ4n) is 3.36. The maximum atomic E-state index is 12.6. The van der Waals surface area contributed by atoms with Crippen LogP contribution in [0.1, 0.15) is 24.8 Å². The van der Waals surface area contributed by atoms with Crippen LogP contribution in [0, 0.1) is 5.92 Å². The van der Waals surface area contributed by atoms with E-state index in [1.807, 2.05) is 29.2 Å². The van der Waals surface area contributed by atoms with E-state index in [0.717, 1.165) is 49.6 Å². The highest BCUT2D eigenvalue weighted by molar-refractivity contribution is 5.94. The first kappa shape index (κ1) is 18.9. The molecule has 1 amide bonds. The number of allylic oxidation sites excluding steroid dienone is 1. The molecule has 27 heavy (non-hydrogen) atoms. The highest BCUT2D eigenvalue weighted by Crippen LogP contribution is 2.20. The molecule has 1 aromatic carbocycles. The second kappa shape index (κ2) is 9.21. The van der Waals surface area contributed by atoms with Crippen molar-refractivity contribution in [2.75, 3.05) is 31.5 Å². The molecule has 0 atom stereocenters. The summed E-state index contributed by atoms with van der Waals surface area (Å²) in [6.45, 7) is 3.09. The summed E-state index contributed by atoms with van der Waals surface area (Å²) in [6.07, 6.45) is 5.96. The van der Waals surface area contributed by atoms with Crippen LogP contribution in [0.4, 0.5) is 5.69 Å². The summed E-state index contributed by atoms with van der Waals surface area (Å²) >= 11 is 0. The van der Waals surface area contributed by atoms with Crippen molar-refractivity contribution in [1.82, 2.24) is 10.2 Å². The average Bonchev–Trinajstić information content (AvgIpc) is 2.68. The molecule has 1 aromatic rings. The number of amides is 1. The molecule has 1 saturated heterocycles. The first-order valence-corrected chi connectivity index (χ1v) is 9.43. The van der Waals surface area contributed by atoms with Crippen LogP contribution in [0.15, 0.2) is 41.4 Å². The number of likely N-dealkylation sites (tertiary alicyclic amines) is 1. The highest BCUT2D eigenvalue weighted by Gasteiger charge is 2.21. The number of carbonyl (C=O) groups is 2. The first-order valence-electron chi connectivity index (χ1n) is 9.43. The largest absolute Gasteiger partial charge is 0.478 e. The minimum atomic E-state index is -0.920. The lowest BCUT2D eigenvalue weighted by atomic mass is 9.96. The van der Waals surface area contributed by atoms with Crippen molar-refractivity contribution in [3.8, 4) is 0 Å². The highest BCUT2D eigenvalue weighted by atomic mass is 16.4. The maximum absolute atomic E-state index is 12.6. The predicted molar refractivity (Wildman–Crippen MR) is 105 cm³/mol. The standard InChI is InChI=1S/C20H26N4O3/c25-18(24-11-7-15(8-12-24)5-6-19(26)27)14-16-3-1-4-17(13-16)23-20-21-9-2-10-22-20/h1,3-6,13,15H,2,7-12,14H2,(H,26,27)(H2,21,22,23). The molecule has 0 unspecified atom stereocenters. The van der Waals surface area contributed by atoms with Crippen molar-refractivity contribution < 1.29 is 14.7 Å². The molecule has 3 N–H and O–H groups in total. The van der Waals surface area contributed by atoms with Crippen LogP contribution >= 0.6 is 0 Å². The molecular weight excluding hydrogens is 344 g/mol. The van der Waals surface area contributed by atoms with E-state index < -0.39 is 5.97 Å². The Morgan fingerprint density at radius 1 is 1.33 bits per heavy atom. The number of aliphatic carboxylic acids is 1. The van der Waals surface area contributed by atoms with E-state index in [2.05, 4.69) is 15.6 Å². The molecule has 1 fully saturated rings. The van der Waals surface area contributed by atoms with Gasteiger partial charge >= 0.3 is 5.97 Å². The predicted octanol–water partition coefficient (Wildman–Crippen LogP) is 1.87. The lowest BCUT2D eigenvalue weighted by Gasteiger charge is -2.30. The van der Waals surface area contributed by atoms with E-state index in [9.17, 15) is 9.59 Å². The SMILES string of the molecule is O=C(O)C=CC1CCN(C(=O)Cc2cccc(NC3=NCCCN3)c2)CC1. The molecule has 2 aliphatic rings. The van der Waals surface area contributed by atoms with Crippen LogP contribution in [0.2, 0.25) is 0 Å². The summed E-state index contributed by atoms with van der Waals surface area (Å²) < 4.78 is 0.